The van der Waals surface area contributed by atoms with Crippen LogP contribution in [0.2, 0.25) is 0 Å². The minimum absolute atomic E-state index is 0.151. The summed E-state index contributed by atoms with van der Waals surface area (Å²) in [6.07, 6.45) is 0. The first-order chi connectivity index (χ1) is 13.5. The van der Waals surface area contributed by atoms with E-state index in [1.54, 1.807) is 18.2 Å². The molecule has 4 nitrogen and oxygen atoms in total. The van der Waals surface area contributed by atoms with E-state index in [1.165, 1.54) is 11.1 Å². The Kier molecular flexibility index (Phi) is 5.42. The van der Waals surface area contributed by atoms with E-state index >= 15 is 0 Å². The summed E-state index contributed by atoms with van der Waals surface area (Å²) in [6.45, 7) is 6.01. The molecule has 0 amide bonds. The van der Waals surface area contributed by atoms with E-state index in [4.69, 9.17) is 0 Å². The van der Waals surface area contributed by atoms with E-state index in [2.05, 4.69) is 46.0 Å². The van der Waals surface area contributed by atoms with Gasteiger partial charge in [0.05, 0.1) is 17.1 Å². The van der Waals surface area contributed by atoms with Crippen LogP contribution in [0.25, 0.3) is 11.0 Å². The molecule has 28 heavy (non-hydrogen) atoms. The predicted molar refractivity (Wildman–Crippen MR) is 107 cm³/mol. The molecule has 3 aromatic rings. The topological polar surface area (TPSA) is 24.3 Å². The molecule has 1 aliphatic rings. The number of para-hydroxylation sites is 2. The zero-order valence-electron chi connectivity index (χ0n) is 16.4. The van der Waals surface area contributed by atoms with Crippen LogP contribution in [-0.4, -0.2) is 45.5 Å². The van der Waals surface area contributed by atoms with Gasteiger partial charge in [0.15, 0.2) is 0 Å². The smallest absolute Gasteiger partial charge is 0.297 e. The lowest BCUT2D eigenvalue weighted by Gasteiger charge is -2.38. The number of fused-ring (bicyclic) bond motifs is 1. The van der Waals surface area contributed by atoms with Crippen LogP contribution in [0.15, 0.2) is 48.5 Å². The molecule has 4 rings (SSSR count). The van der Waals surface area contributed by atoms with Gasteiger partial charge in [0, 0.05) is 32.7 Å². The molecule has 148 valence electrons. The second-order valence-corrected chi connectivity index (χ2v) is 7.52. The van der Waals surface area contributed by atoms with Gasteiger partial charge in [0.2, 0.25) is 0 Å². The molecule has 0 radical (unpaired) electrons. The van der Waals surface area contributed by atoms with E-state index in [0.29, 0.717) is 16.9 Å². The minimum atomic E-state index is -2.59. The summed E-state index contributed by atoms with van der Waals surface area (Å²) >= 11 is 0. The number of piperazine rings is 1. The van der Waals surface area contributed by atoms with Crippen LogP contribution in [0, 0.1) is 6.92 Å². The maximum absolute atomic E-state index is 13.8. The van der Waals surface area contributed by atoms with E-state index in [-0.39, 0.29) is 6.04 Å². The summed E-state index contributed by atoms with van der Waals surface area (Å²) in [6, 6.07) is 15.4. The van der Waals surface area contributed by atoms with Gasteiger partial charge in [-0.15, -0.1) is 0 Å². The second kappa shape index (κ2) is 7.97. The number of nitrogens with zero attached hydrogens (tertiary/aromatic N) is 4. The first kappa shape index (κ1) is 19.0. The molecule has 6 heteroatoms. The highest BCUT2D eigenvalue weighted by Gasteiger charge is 2.28. The molecule has 0 saturated carbocycles. The highest BCUT2D eigenvalue weighted by molar-refractivity contribution is 5.76. The normalized spacial score (nSPS) is 17.5. The van der Waals surface area contributed by atoms with Crippen molar-refractivity contribution in [1.82, 2.24) is 19.4 Å². The molecule has 0 aliphatic carbocycles. The molecule has 0 N–H and O–H groups in total. The Balaban J connectivity index is 1.47. The van der Waals surface area contributed by atoms with Gasteiger partial charge in [-0.05, 0) is 37.1 Å². The third kappa shape index (κ3) is 3.66. The Labute approximate surface area is 164 Å². The minimum Gasteiger partial charge on any atom is -0.297 e. The molecule has 1 aromatic heterocycles. The number of hydrogen-bond donors (Lipinski definition) is 0. The van der Waals surface area contributed by atoms with Crippen LogP contribution < -0.4 is 0 Å². The zero-order valence-corrected chi connectivity index (χ0v) is 16.4. The van der Waals surface area contributed by atoms with E-state index < -0.39 is 6.55 Å². The first-order valence-electron chi connectivity index (χ1n) is 9.80. The third-order valence-electron chi connectivity index (χ3n) is 5.80. The Morgan fingerprint density at radius 2 is 1.64 bits per heavy atom. The molecule has 2 heterocycles. The van der Waals surface area contributed by atoms with Crippen molar-refractivity contribution in [3.05, 3.63) is 65.5 Å². The van der Waals surface area contributed by atoms with Crippen LogP contribution in [0.3, 0.4) is 0 Å². The molecular formula is C22H26F2N4. The molecule has 2 aromatic carbocycles. The second-order valence-electron chi connectivity index (χ2n) is 7.52. The third-order valence-corrected chi connectivity index (χ3v) is 5.80. The Morgan fingerprint density at radius 1 is 0.964 bits per heavy atom. The monoisotopic (exact) mass is 384 g/mol. The summed E-state index contributed by atoms with van der Waals surface area (Å²) in [5.74, 6) is 0.448. The number of hydrogen-bond acceptors (Lipinski definition) is 3. The fourth-order valence-electron chi connectivity index (χ4n) is 4.06. The lowest BCUT2D eigenvalue weighted by atomic mass is 10.1. The van der Waals surface area contributed by atoms with Gasteiger partial charge in [0.25, 0.3) is 0 Å². The lowest BCUT2D eigenvalue weighted by molar-refractivity contribution is 0.0558. The summed E-state index contributed by atoms with van der Waals surface area (Å²) < 4.78 is 28.6. The fraction of sp³-hybridized carbons (Fsp3) is 0.409. The summed E-state index contributed by atoms with van der Waals surface area (Å²) in [7, 11) is 0. The van der Waals surface area contributed by atoms with Crippen LogP contribution in [-0.2, 0) is 6.54 Å². The van der Waals surface area contributed by atoms with E-state index in [9.17, 15) is 8.78 Å². The van der Waals surface area contributed by atoms with Gasteiger partial charge < -0.3 is 0 Å². The molecule has 1 fully saturated rings. The van der Waals surface area contributed by atoms with Crippen molar-refractivity contribution in [3.63, 3.8) is 0 Å². The quantitative estimate of drug-likeness (QED) is 0.642. The summed E-state index contributed by atoms with van der Waals surface area (Å²) in [4.78, 5) is 9.23. The van der Waals surface area contributed by atoms with Crippen molar-refractivity contribution >= 4 is 11.0 Å². The van der Waals surface area contributed by atoms with Crippen LogP contribution in [0.5, 0.6) is 0 Å². The maximum atomic E-state index is 13.8. The largest absolute Gasteiger partial charge is 0.320 e. The number of rotatable bonds is 5. The number of halogens is 2. The standard InChI is InChI=1S/C22H26F2N4/c1-16-7-3-4-8-18(16)15-26-11-13-27(14-12-26)17(2)21-25-19-9-5-6-10-20(19)28(21)22(23)24/h3-10,17,22H,11-15H2,1-2H3. The van der Waals surface area contributed by atoms with Gasteiger partial charge in [0.1, 0.15) is 5.82 Å². The number of benzene rings is 2. The lowest BCUT2D eigenvalue weighted by Crippen LogP contribution is -2.47. The Hall–Kier alpha value is -2.31. The predicted octanol–water partition coefficient (Wildman–Crippen LogP) is 4.62. The van der Waals surface area contributed by atoms with Crippen LogP contribution in [0.4, 0.5) is 8.78 Å². The van der Waals surface area contributed by atoms with E-state index in [0.717, 1.165) is 37.3 Å². The fourth-order valence-corrected chi connectivity index (χ4v) is 4.06. The van der Waals surface area contributed by atoms with Gasteiger partial charge in [-0.1, -0.05) is 36.4 Å². The van der Waals surface area contributed by atoms with Gasteiger partial charge in [-0.25, -0.2) is 4.98 Å². The molecular weight excluding hydrogens is 358 g/mol. The highest BCUT2D eigenvalue weighted by Crippen LogP contribution is 2.30. The highest BCUT2D eigenvalue weighted by atomic mass is 19.3. The van der Waals surface area contributed by atoms with Crippen molar-refractivity contribution < 1.29 is 8.78 Å². The first-order valence-corrected chi connectivity index (χ1v) is 9.80. The summed E-state index contributed by atoms with van der Waals surface area (Å²) in [5.41, 5.74) is 3.79. The number of aromatic nitrogens is 2. The number of aryl methyl sites for hydroxylation is 1. The van der Waals surface area contributed by atoms with Crippen LogP contribution in [0.1, 0.15) is 36.5 Å². The Morgan fingerprint density at radius 3 is 2.36 bits per heavy atom. The van der Waals surface area contributed by atoms with Gasteiger partial charge >= 0.3 is 6.55 Å². The molecule has 1 aliphatic heterocycles. The average molecular weight is 384 g/mol. The van der Waals surface area contributed by atoms with Gasteiger partial charge in [-0.3, -0.25) is 14.4 Å². The van der Waals surface area contributed by atoms with Crippen molar-refractivity contribution in [2.45, 2.75) is 33.0 Å². The molecule has 1 unspecified atom stereocenters. The van der Waals surface area contributed by atoms with Crippen molar-refractivity contribution in [1.29, 1.82) is 0 Å². The Bertz CT molecular complexity index is 945. The van der Waals surface area contributed by atoms with Crippen molar-refractivity contribution in [3.8, 4) is 0 Å². The van der Waals surface area contributed by atoms with Crippen LogP contribution >= 0.6 is 0 Å². The summed E-state index contributed by atoms with van der Waals surface area (Å²) in [5, 5.41) is 0. The van der Waals surface area contributed by atoms with E-state index in [1.807, 2.05) is 13.0 Å². The SMILES string of the molecule is Cc1ccccc1CN1CCN(C(C)c2nc3ccccc3n2C(F)F)CC1. The number of imidazole rings is 1. The maximum Gasteiger partial charge on any atom is 0.320 e. The molecule has 1 saturated heterocycles. The molecule has 0 spiro atoms. The van der Waals surface area contributed by atoms with Gasteiger partial charge in [-0.2, -0.15) is 8.78 Å². The van der Waals surface area contributed by atoms with Crippen molar-refractivity contribution in [2.24, 2.45) is 0 Å². The number of alkyl halides is 2. The average Bonchev–Trinajstić information content (AvgIpc) is 3.09. The molecule has 1 atom stereocenters. The molecule has 0 bridgehead atoms. The van der Waals surface area contributed by atoms with Crippen molar-refractivity contribution in [2.75, 3.05) is 26.2 Å². The zero-order chi connectivity index (χ0) is 19.7.